The standard InChI is InChI=1S/C32H50N4O5/c1-7-25(37)20-33-30(38)18-24(17-16-23-12-9-8-10-13-23)34-32(39)26-19-27(36(35-26)22(4)21(2)3)31-28(40-5)14-11-15-29(31)41-6/h11,14-15,19,21-25,37H,7-10,12-13,16-18,20H2,1-6H3,(H,33,38)(H,34,39)/t22?,24-,25?/m0/s1. The zero-order valence-corrected chi connectivity index (χ0v) is 25.7. The van der Waals surface area contributed by atoms with Crippen molar-refractivity contribution >= 4 is 11.8 Å². The fourth-order valence-electron chi connectivity index (χ4n) is 5.46. The number of carbonyl (C=O) groups excluding carboxylic acids is 2. The van der Waals surface area contributed by atoms with Crippen LogP contribution in [0.3, 0.4) is 0 Å². The second-order valence-electron chi connectivity index (χ2n) is 11.7. The van der Waals surface area contributed by atoms with E-state index < -0.39 is 6.10 Å². The van der Waals surface area contributed by atoms with Gasteiger partial charge in [-0.1, -0.05) is 58.9 Å². The van der Waals surface area contributed by atoms with Crippen LogP contribution in [-0.4, -0.2) is 59.6 Å². The van der Waals surface area contributed by atoms with E-state index in [0.29, 0.717) is 23.8 Å². The average molecular weight is 571 g/mol. The van der Waals surface area contributed by atoms with Crippen LogP contribution in [0.4, 0.5) is 0 Å². The van der Waals surface area contributed by atoms with Gasteiger partial charge in [-0.25, -0.2) is 0 Å². The first-order chi connectivity index (χ1) is 19.7. The van der Waals surface area contributed by atoms with Gasteiger partial charge in [0.1, 0.15) is 11.5 Å². The van der Waals surface area contributed by atoms with Gasteiger partial charge in [-0.05, 0) is 56.2 Å². The van der Waals surface area contributed by atoms with Crippen molar-refractivity contribution in [3.8, 4) is 22.8 Å². The lowest BCUT2D eigenvalue weighted by atomic mass is 9.85. The normalized spacial score (nSPS) is 16.2. The minimum absolute atomic E-state index is 0.000891. The first-order valence-corrected chi connectivity index (χ1v) is 15.2. The Kier molecular flexibility index (Phi) is 12.5. The zero-order valence-electron chi connectivity index (χ0n) is 25.7. The molecule has 0 radical (unpaired) electrons. The summed E-state index contributed by atoms with van der Waals surface area (Å²) >= 11 is 0. The predicted molar refractivity (Wildman–Crippen MR) is 161 cm³/mol. The van der Waals surface area contributed by atoms with Crippen molar-refractivity contribution in [2.24, 2.45) is 11.8 Å². The largest absolute Gasteiger partial charge is 0.496 e. The van der Waals surface area contributed by atoms with E-state index in [1.807, 2.05) is 29.8 Å². The Balaban J connectivity index is 1.88. The van der Waals surface area contributed by atoms with Gasteiger partial charge < -0.3 is 25.2 Å². The second kappa shape index (κ2) is 15.8. The van der Waals surface area contributed by atoms with Gasteiger partial charge in [0.2, 0.25) is 5.91 Å². The van der Waals surface area contributed by atoms with Gasteiger partial charge >= 0.3 is 0 Å². The maximum absolute atomic E-state index is 13.7. The summed E-state index contributed by atoms with van der Waals surface area (Å²) in [7, 11) is 3.22. The van der Waals surface area contributed by atoms with Crippen molar-refractivity contribution in [2.75, 3.05) is 20.8 Å². The van der Waals surface area contributed by atoms with Crippen molar-refractivity contribution in [3.05, 3.63) is 30.0 Å². The van der Waals surface area contributed by atoms with Crippen LogP contribution in [0.15, 0.2) is 24.3 Å². The monoisotopic (exact) mass is 570 g/mol. The topological polar surface area (TPSA) is 115 Å². The molecule has 3 N–H and O–H groups in total. The molecule has 228 valence electrons. The average Bonchev–Trinajstić information content (AvgIpc) is 3.43. The quantitative estimate of drug-likeness (QED) is 0.260. The number of aliphatic hydroxyl groups excluding tert-OH is 1. The molecule has 1 heterocycles. The van der Waals surface area contributed by atoms with Crippen LogP contribution in [0, 0.1) is 11.8 Å². The highest BCUT2D eigenvalue weighted by atomic mass is 16.5. The predicted octanol–water partition coefficient (Wildman–Crippen LogP) is 5.52. The minimum Gasteiger partial charge on any atom is -0.496 e. The maximum atomic E-state index is 13.7. The highest BCUT2D eigenvalue weighted by Gasteiger charge is 2.27. The number of aliphatic hydroxyl groups is 1. The van der Waals surface area contributed by atoms with Gasteiger partial charge in [-0.2, -0.15) is 5.10 Å². The minimum atomic E-state index is -0.577. The van der Waals surface area contributed by atoms with Gasteiger partial charge in [0, 0.05) is 19.0 Å². The van der Waals surface area contributed by atoms with E-state index in [1.165, 1.54) is 32.1 Å². The lowest BCUT2D eigenvalue weighted by Crippen LogP contribution is -2.41. The molecule has 0 aliphatic heterocycles. The third-order valence-corrected chi connectivity index (χ3v) is 8.42. The molecule has 1 saturated carbocycles. The molecule has 9 heteroatoms. The Bertz CT molecular complexity index is 1100. The van der Waals surface area contributed by atoms with E-state index in [1.54, 1.807) is 20.3 Å². The van der Waals surface area contributed by atoms with Crippen LogP contribution in [0.1, 0.15) is 102 Å². The highest BCUT2D eigenvalue weighted by Crippen LogP contribution is 2.40. The number of ether oxygens (including phenoxy) is 2. The van der Waals surface area contributed by atoms with E-state index in [2.05, 4.69) is 31.4 Å². The smallest absolute Gasteiger partial charge is 0.272 e. The number of rotatable bonds is 15. The van der Waals surface area contributed by atoms with Gasteiger partial charge in [0.05, 0.1) is 37.6 Å². The summed E-state index contributed by atoms with van der Waals surface area (Å²) < 4.78 is 13.2. The first-order valence-electron chi connectivity index (χ1n) is 15.2. The molecule has 2 aromatic rings. The number of carbonyl (C=O) groups is 2. The molecule has 41 heavy (non-hydrogen) atoms. The van der Waals surface area contributed by atoms with E-state index in [9.17, 15) is 14.7 Å². The first kappa shape index (κ1) is 32.4. The van der Waals surface area contributed by atoms with Gasteiger partial charge in [0.25, 0.3) is 5.91 Å². The lowest BCUT2D eigenvalue weighted by molar-refractivity contribution is -0.122. The molecule has 1 aliphatic carbocycles. The third-order valence-electron chi connectivity index (χ3n) is 8.42. The molecule has 2 amide bonds. The highest BCUT2D eigenvalue weighted by molar-refractivity contribution is 5.94. The molecular weight excluding hydrogens is 520 g/mol. The van der Waals surface area contributed by atoms with Crippen LogP contribution < -0.4 is 20.1 Å². The van der Waals surface area contributed by atoms with Crippen molar-refractivity contribution in [3.63, 3.8) is 0 Å². The number of amides is 2. The summed E-state index contributed by atoms with van der Waals surface area (Å²) in [6.45, 7) is 8.39. The lowest BCUT2D eigenvalue weighted by Gasteiger charge is -2.24. The van der Waals surface area contributed by atoms with Gasteiger partial charge in [-0.15, -0.1) is 0 Å². The molecule has 1 aromatic heterocycles. The van der Waals surface area contributed by atoms with Crippen molar-refractivity contribution in [1.82, 2.24) is 20.4 Å². The number of aromatic nitrogens is 2. The number of nitrogens with one attached hydrogen (secondary N) is 2. The molecule has 3 atom stereocenters. The fraction of sp³-hybridized carbons (Fsp3) is 0.656. The molecule has 9 nitrogen and oxygen atoms in total. The van der Waals surface area contributed by atoms with E-state index in [4.69, 9.17) is 14.6 Å². The van der Waals surface area contributed by atoms with Crippen LogP contribution in [0.5, 0.6) is 11.5 Å². The second-order valence-corrected chi connectivity index (χ2v) is 11.7. The Labute approximate surface area is 245 Å². The Hall–Kier alpha value is -3.07. The number of hydrogen-bond donors (Lipinski definition) is 3. The van der Waals surface area contributed by atoms with Gasteiger partial charge in [-0.3, -0.25) is 14.3 Å². The Morgan fingerprint density at radius 3 is 2.34 bits per heavy atom. The molecule has 3 rings (SSSR count). The Morgan fingerprint density at radius 1 is 1.10 bits per heavy atom. The summed E-state index contributed by atoms with van der Waals surface area (Å²) in [6, 6.07) is 7.04. The molecular formula is C32H50N4O5. The Morgan fingerprint density at radius 2 is 1.76 bits per heavy atom. The van der Waals surface area contributed by atoms with Crippen molar-refractivity contribution in [2.45, 2.75) is 104 Å². The summed E-state index contributed by atoms with van der Waals surface area (Å²) in [5.74, 6) is 1.66. The van der Waals surface area contributed by atoms with Crippen LogP contribution in [-0.2, 0) is 4.79 Å². The SMILES string of the molecule is CCC(O)CNC(=O)C[C@H](CCC1CCCCC1)NC(=O)c1cc(-c2c(OC)cccc2OC)n(C(C)C(C)C)n1. The van der Waals surface area contributed by atoms with Gasteiger partial charge in [0.15, 0.2) is 5.69 Å². The van der Waals surface area contributed by atoms with Crippen molar-refractivity contribution in [1.29, 1.82) is 0 Å². The van der Waals surface area contributed by atoms with Crippen LogP contribution in [0.2, 0.25) is 0 Å². The molecule has 1 fully saturated rings. The fourth-order valence-corrected chi connectivity index (χ4v) is 5.46. The molecule has 2 unspecified atom stereocenters. The number of hydrogen-bond acceptors (Lipinski definition) is 6. The summed E-state index contributed by atoms with van der Waals surface area (Å²) in [5.41, 5.74) is 1.75. The molecule has 0 spiro atoms. The summed E-state index contributed by atoms with van der Waals surface area (Å²) in [5, 5.41) is 20.6. The summed E-state index contributed by atoms with van der Waals surface area (Å²) in [6.07, 6.45) is 8.03. The molecule has 0 bridgehead atoms. The van der Waals surface area contributed by atoms with E-state index in [-0.39, 0.29) is 48.5 Å². The third kappa shape index (κ3) is 8.96. The number of benzene rings is 1. The summed E-state index contributed by atoms with van der Waals surface area (Å²) in [4.78, 5) is 26.4. The van der Waals surface area contributed by atoms with E-state index >= 15 is 0 Å². The van der Waals surface area contributed by atoms with Crippen LogP contribution >= 0.6 is 0 Å². The maximum Gasteiger partial charge on any atom is 0.272 e. The number of methoxy groups -OCH3 is 2. The zero-order chi connectivity index (χ0) is 29.9. The van der Waals surface area contributed by atoms with Crippen LogP contribution in [0.25, 0.3) is 11.3 Å². The molecule has 1 aliphatic rings. The number of nitrogens with zero attached hydrogens (tertiary/aromatic N) is 2. The van der Waals surface area contributed by atoms with E-state index in [0.717, 1.165) is 24.1 Å². The molecule has 1 aromatic carbocycles. The van der Waals surface area contributed by atoms with Crippen molar-refractivity contribution < 1.29 is 24.2 Å². The molecule has 0 saturated heterocycles.